The topological polar surface area (TPSA) is 71.5 Å². The molecule has 0 spiro atoms. The number of aromatic nitrogens is 4. The average molecular weight is 453 g/mol. The molecule has 0 radical (unpaired) electrons. The van der Waals surface area contributed by atoms with Gasteiger partial charge in [0.15, 0.2) is 22.4 Å². The highest BCUT2D eigenvalue weighted by Crippen LogP contribution is 2.29. The number of benzene rings is 1. The predicted molar refractivity (Wildman–Crippen MR) is 86.6 cm³/mol. The second kappa shape index (κ2) is 6.91. The molecule has 3 rings (SSSR count). The molecule has 1 aromatic carbocycles. The number of thioether (sulfide) groups is 1. The minimum Gasteiger partial charge on any atom is -0.303 e. The lowest BCUT2D eigenvalue weighted by Gasteiger charge is -2.08. The monoisotopic (exact) mass is 452 g/mol. The first-order valence-corrected chi connectivity index (χ1v) is 8.55. The molecule has 26 heavy (non-hydrogen) atoms. The summed E-state index contributed by atoms with van der Waals surface area (Å²) >= 11 is 3.89. The van der Waals surface area contributed by atoms with E-state index in [2.05, 4.69) is 30.9 Å². The summed E-state index contributed by atoms with van der Waals surface area (Å²) in [5, 5.41) is 0.0326. The van der Waals surface area contributed by atoms with Crippen molar-refractivity contribution in [2.45, 2.75) is 17.1 Å². The third-order valence-corrected chi connectivity index (χ3v) is 4.60. The summed E-state index contributed by atoms with van der Waals surface area (Å²) < 4.78 is 65.0. The number of hydrogen-bond donors (Lipinski definition) is 1. The van der Waals surface area contributed by atoms with Gasteiger partial charge in [-0.1, -0.05) is 23.9 Å². The molecule has 0 bridgehead atoms. The second-order valence-electron chi connectivity index (χ2n) is 4.91. The first-order valence-electron chi connectivity index (χ1n) is 6.77. The molecule has 0 amide bonds. The number of alkyl halides is 3. The van der Waals surface area contributed by atoms with Crippen LogP contribution in [0, 0.1) is 11.6 Å². The van der Waals surface area contributed by atoms with E-state index in [9.17, 15) is 26.7 Å². The number of nitrogens with zero attached hydrogens (tertiary/aromatic N) is 3. The van der Waals surface area contributed by atoms with Crippen molar-refractivity contribution >= 4 is 38.9 Å². The maximum Gasteiger partial charge on any atom is 0.438 e. The van der Waals surface area contributed by atoms with Gasteiger partial charge in [0.2, 0.25) is 5.69 Å². The molecule has 0 aliphatic rings. The van der Waals surface area contributed by atoms with Gasteiger partial charge in [0.25, 0.3) is 5.56 Å². The molecule has 2 heterocycles. The fourth-order valence-corrected chi connectivity index (χ4v) is 3.36. The van der Waals surface area contributed by atoms with Gasteiger partial charge in [-0.15, -0.1) is 0 Å². The molecule has 136 valence electrons. The lowest BCUT2D eigenvalue weighted by molar-refractivity contribution is -0.142. The van der Waals surface area contributed by atoms with Gasteiger partial charge in [-0.25, -0.2) is 23.7 Å². The summed E-state index contributed by atoms with van der Waals surface area (Å²) in [5.74, 6) is -2.04. The quantitative estimate of drug-likeness (QED) is 0.280. The number of H-pyrrole nitrogens is 1. The summed E-state index contributed by atoms with van der Waals surface area (Å²) in [6.45, 7) is 0. The first kappa shape index (κ1) is 18.7. The first-order chi connectivity index (χ1) is 12.2. The van der Waals surface area contributed by atoms with Gasteiger partial charge in [0, 0.05) is 11.3 Å². The van der Waals surface area contributed by atoms with E-state index in [1.165, 1.54) is 12.1 Å². The lowest BCUT2D eigenvalue weighted by atomic mass is 10.2. The Balaban J connectivity index is 1.96. The maximum absolute atomic E-state index is 13.6. The van der Waals surface area contributed by atoms with E-state index in [-0.39, 0.29) is 32.2 Å². The lowest BCUT2D eigenvalue weighted by Crippen LogP contribution is -2.24. The zero-order valence-corrected chi connectivity index (χ0v) is 14.8. The molecule has 0 saturated carbocycles. The molecule has 0 aliphatic heterocycles. The Hall–Kier alpha value is -2.08. The molecule has 0 unspecified atom stereocenters. The zero-order chi connectivity index (χ0) is 19.1. The predicted octanol–water partition coefficient (Wildman–Crippen LogP) is 4.06. The number of rotatable bonds is 3. The van der Waals surface area contributed by atoms with Crippen molar-refractivity contribution < 1.29 is 22.0 Å². The van der Waals surface area contributed by atoms with E-state index in [0.717, 1.165) is 17.8 Å². The zero-order valence-electron chi connectivity index (χ0n) is 12.4. The minimum atomic E-state index is -4.93. The van der Waals surface area contributed by atoms with Gasteiger partial charge < -0.3 is 4.98 Å². The molecule has 5 nitrogen and oxygen atoms in total. The van der Waals surface area contributed by atoms with Crippen molar-refractivity contribution in [2.24, 2.45) is 0 Å². The Morgan fingerprint density at radius 1 is 1.15 bits per heavy atom. The van der Waals surface area contributed by atoms with Crippen LogP contribution in [-0.2, 0) is 11.9 Å². The van der Waals surface area contributed by atoms with Crippen LogP contribution in [0.3, 0.4) is 0 Å². The fourth-order valence-electron chi connectivity index (χ4n) is 1.98. The highest BCUT2D eigenvalue weighted by atomic mass is 79.9. The normalized spacial score (nSPS) is 11.9. The number of hydrogen-bond acceptors (Lipinski definition) is 5. The van der Waals surface area contributed by atoms with Gasteiger partial charge in [0.1, 0.15) is 10.1 Å². The summed E-state index contributed by atoms with van der Waals surface area (Å²) in [6, 6.07) is 3.69. The van der Waals surface area contributed by atoms with Crippen molar-refractivity contribution in [3.8, 4) is 0 Å². The molecule has 0 saturated heterocycles. The Morgan fingerprint density at radius 3 is 2.58 bits per heavy atom. The van der Waals surface area contributed by atoms with Crippen LogP contribution >= 0.6 is 27.7 Å². The smallest absolute Gasteiger partial charge is 0.303 e. The summed E-state index contributed by atoms with van der Waals surface area (Å²) in [4.78, 5) is 24.7. The van der Waals surface area contributed by atoms with Gasteiger partial charge in [-0.3, -0.25) is 4.79 Å². The van der Waals surface area contributed by atoms with E-state index < -0.39 is 29.1 Å². The van der Waals surface area contributed by atoms with Crippen LogP contribution in [-0.4, -0.2) is 19.9 Å². The van der Waals surface area contributed by atoms with E-state index >= 15 is 0 Å². The largest absolute Gasteiger partial charge is 0.438 e. The summed E-state index contributed by atoms with van der Waals surface area (Å²) in [7, 11) is 0. The number of aromatic amines is 1. The van der Waals surface area contributed by atoms with Crippen molar-refractivity contribution in [3.63, 3.8) is 0 Å². The minimum absolute atomic E-state index is 0.0279. The van der Waals surface area contributed by atoms with Crippen LogP contribution in [0.25, 0.3) is 11.2 Å². The van der Waals surface area contributed by atoms with Crippen LogP contribution in [0.2, 0.25) is 0 Å². The highest BCUT2D eigenvalue weighted by molar-refractivity contribution is 9.10. The Morgan fingerprint density at radius 2 is 1.88 bits per heavy atom. The van der Waals surface area contributed by atoms with Gasteiger partial charge in [-0.2, -0.15) is 13.2 Å². The molecule has 12 heteroatoms. The molecular formula is C14H6BrF5N4OS. The third-order valence-electron chi connectivity index (χ3n) is 3.15. The van der Waals surface area contributed by atoms with E-state index in [4.69, 9.17) is 0 Å². The van der Waals surface area contributed by atoms with E-state index in [1.54, 1.807) is 0 Å². The van der Waals surface area contributed by atoms with Crippen LogP contribution in [0.4, 0.5) is 22.0 Å². The van der Waals surface area contributed by atoms with Crippen molar-refractivity contribution in [2.75, 3.05) is 0 Å². The molecule has 3 aromatic rings. The third kappa shape index (κ3) is 3.70. The van der Waals surface area contributed by atoms with Crippen LogP contribution in [0.5, 0.6) is 0 Å². The summed E-state index contributed by atoms with van der Waals surface area (Å²) in [6.07, 6.45) is -4.93. The van der Waals surface area contributed by atoms with Crippen molar-refractivity contribution in [1.82, 2.24) is 19.9 Å². The van der Waals surface area contributed by atoms with E-state index in [0.29, 0.717) is 0 Å². The molecule has 0 aliphatic carbocycles. The number of fused-ring (bicyclic) bond motifs is 1. The van der Waals surface area contributed by atoms with Gasteiger partial charge >= 0.3 is 6.18 Å². The Labute approximate surface area is 154 Å². The molecule has 0 fully saturated rings. The Kier molecular flexibility index (Phi) is 4.97. The molecule has 0 atom stereocenters. The maximum atomic E-state index is 13.6. The van der Waals surface area contributed by atoms with Crippen LogP contribution < -0.4 is 5.56 Å². The fraction of sp³-hybridized carbons (Fsp3) is 0.143. The van der Waals surface area contributed by atoms with Crippen molar-refractivity contribution in [3.05, 3.63) is 56.0 Å². The van der Waals surface area contributed by atoms with Crippen LogP contribution in [0.1, 0.15) is 11.3 Å². The average Bonchev–Trinajstić information content (AvgIpc) is 2.54. The number of nitrogens with one attached hydrogen (secondary N) is 1. The number of halogens is 6. The van der Waals surface area contributed by atoms with Crippen molar-refractivity contribution in [1.29, 1.82) is 0 Å². The highest BCUT2D eigenvalue weighted by Gasteiger charge is 2.36. The molecular weight excluding hydrogens is 447 g/mol. The molecule has 2 aromatic heterocycles. The molecule has 1 N–H and O–H groups in total. The van der Waals surface area contributed by atoms with Crippen LogP contribution in [0.15, 0.2) is 32.8 Å². The summed E-state index contributed by atoms with van der Waals surface area (Å²) in [5.41, 5.74) is -3.49. The van der Waals surface area contributed by atoms with E-state index in [1.807, 2.05) is 4.98 Å². The van der Waals surface area contributed by atoms with Gasteiger partial charge in [-0.05, 0) is 22.0 Å². The SMILES string of the molecule is O=c1[nH]c2nc(SCc3cccc(F)c3F)nc(Br)c2nc1C(F)(F)F. The van der Waals surface area contributed by atoms with Gasteiger partial charge in [0.05, 0.1) is 0 Å². The Bertz CT molecular complexity index is 1060. The standard InChI is InChI=1S/C14H6BrF5N4OS/c15-10-8-11(23-12(25)9(21-8)14(18,19)20)24-13(22-10)26-4-5-2-1-3-6(16)7(5)17/h1-3H,4H2,(H,22,23,24,25). The second-order valence-corrected chi connectivity index (χ2v) is 6.60.